The van der Waals surface area contributed by atoms with Gasteiger partial charge in [-0.3, -0.25) is 0 Å². The van der Waals surface area contributed by atoms with Gasteiger partial charge < -0.3 is 10.4 Å². The fourth-order valence-electron chi connectivity index (χ4n) is 1.62. The number of nitrogens with zero attached hydrogens (tertiary/aromatic N) is 2. The second-order valence-corrected chi connectivity index (χ2v) is 4.15. The number of aromatic nitrogens is 2. The van der Waals surface area contributed by atoms with Gasteiger partial charge in [0.1, 0.15) is 0 Å². The van der Waals surface area contributed by atoms with Gasteiger partial charge in [0.15, 0.2) is 11.4 Å². The number of aliphatic carboxylic acids is 1. The first-order valence-corrected chi connectivity index (χ1v) is 5.57. The van der Waals surface area contributed by atoms with Crippen LogP contribution in [-0.4, -0.2) is 21.0 Å². The van der Waals surface area contributed by atoms with Gasteiger partial charge in [-0.25, -0.2) is 19.2 Å². The van der Waals surface area contributed by atoms with Crippen molar-refractivity contribution in [3.8, 4) is 0 Å². The highest BCUT2D eigenvalue weighted by atomic mass is 19.1. The van der Waals surface area contributed by atoms with E-state index in [1.54, 1.807) is 30.3 Å². The van der Waals surface area contributed by atoms with Crippen molar-refractivity contribution in [2.24, 2.45) is 0 Å². The van der Waals surface area contributed by atoms with Crippen molar-refractivity contribution in [2.45, 2.75) is 12.5 Å². The molecule has 1 aromatic heterocycles. The largest absolute Gasteiger partial charge is 0.479 e. The molecule has 1 unspecified atom stereocenters. The summed E-state index contributed by atoms with van der Waals surface area (Å²) in [5.74, 6) is -1.61. The number of halogens is 1. The van der Waals surface area contributed by atoms with Crippen LogP contribution in [0.5, 0.6) is 0 Å². The molecule has 2 aromatic rings. The molecule has 98 valence electrons. The molecule has 19 heavy (non-hydrogen) atoms. The lowest BCUT2D eigenvalue weighted by Gasteiger charge is -2.26. The second-order valence-electron chi connectivity index (χ2n) is 4.15. The Bertz CT molecular complexity index is 574. The number of carbonyl (C=O) groups is 1. The van der Waals surface area contributed by atoms with E-state index in [2.05, 4.69) is 15.3 Å². The van der Waals surface area contributed by atoms with E-state index in [1.807, 2.05) is 0 Å². The molecule has 1 atom stereocenters. The Kier molecular flexibility index (Phi) is 3.41. The Morgan fingerprint density at radius 3 is 2.37 bits per heavy atom. The molecular formula is C13H12FN3O2. The van der Waals surface area contributed by atoms with Crippen LogP contribution in [0.3, 0.4) is 0 Å². The summed E-state index contributed by atoms with van der Waals surface area (Å²) in [6.45, 7) is 1.50. The zero-order valence-corrected chi connectivity index (χ0v) is 10.2. The van der Waals surface area contributed by atoms with Gasteiger partial charge >= 0.3 is 5.97 Å². The number of hydrogen-bond acceptors (Lipinski definition) is 4. The molecule has 0 spiro atoms. The van der Waals surface area contributed by atoms with Crippen LogP contribution in [0.25, 0.3) is 0 Å². The predicted octanol–water partition coefficient (Wildman–Crippen LogP) is 2.03. The van der Waals surface area contributed by atoms with Gasteiger partial charge in [0.2, 0.25) is 5.95 Å². The molecule has 0 bridgehead atoms. The molecule has 2 N–H and O–H groups in total. The molecule has 0 saturated heterocycles. The Balaban J connectivity index is 2.36. The van der Waals surface area contributed by atoms with Crippen LogP contribution in [-0.2, 0) is 10.3 Å². The molecule has 0 aliphatic rings. The van der Waals surface area contributed by atoms with Gasteiger partial charge in [0.25, 0.3) is 0 Å². The highest BCUT2D eigenvalue weighted by molar-refractivity contribution is 5.83. The summed E-state index contributed by atoms with van der Waals surface area (Å²) in [4.78, 5) is 18.9. The van der Waals surface area contributed by atoms with E-state index in [0.29, 0.717) is 5.56 Å². The molecule has 0 fully saturated rings. The molecule has 0 saturated carbocycles. The van der Waals surface area contributed by atoms with E-state index in [-0.39, 0.29) is 5.95 Å². The van der Waals surface area contributed by atoms with E-state index in [1.165, 1.54) is 6.92 Å². The van der Waals surface area contributed by atoms with Crippen molar-refractivity contribution >= 4 is 11.9 Å². The summed E-state index contributed by atoms with van der Waals surface area (Å²) in [5, 5.41) is 12.1. The lowest BCUT2D eigenvalue weighted by Crippen LogP contribution is -2.41. The van der Waals surface area contributed by atoms with E-state index < -0.39 is 17.3 Å². The molecule has 0 aliphatic carbocycles. The van der Waals surface area contributed by atoms with Crippen LogP contribution < -0.4 is 5.32 Å². The third kappa shape index (κ3) is 2.67. The quantitative estimate of drug-likeness (QED) is 0.880. The third-order valence-corrected chi connectivity index (χ3v) is 2.76. The van der Waals surface area contributed by atoms with Crippen LogP contribution in [0, 0.1) is 5.82 Å². The van der Waals surface area contributed by atoms with Crippen molar-refractivity contribution in [3.63, 3.8) is 0 Å². The molecule has 2 rings (SSSR count). The Morgan fingerprint density at radius 2 is 1.84 bits per heavy atom. The van der Waals surface area contributed by atoms with Crippen molar-refractivity contribution in [1.29, 1.82) is 0 Å². The van der Waals surface area contributed by atoms with Crippen molar-refractivity contribution in [2.75, 3.05) is 5.32 Å². The first kappa shape index (κ1) is 12.9. The van der Waals surface area contributed by atoms with Crippen molar-refractivity contribution < 1.29 is 14.3 Å². The molecule has 5 nitrogen and oxygen atoms in total. The molecule has 1 aromatic carbocycles. The third-order valence-electron chi connectivity index (χ3n) is 2.76. The number of anilines is 1. The summed E-state index contributed by atoms with van der Waals surface area (Å²) in [6, 6.07) is 8.64. The minimum atomic E-state index is -1.39. The highest BCUT2D eigenvalue weighted by Crippen LogP contribution is 2.24. The maximum atomic E-state index is 12.7. The topological polar surface area (TPSA) is 75.1 Å². The predicted molar refractivity (Wildman–Crippen MR) is 67.0 cm³/mol. The maximum absolute atomic E-state index is 12.7. The van der Waals surface area contributed by atoms with E-state index in [4.69, 9.17) is 0 Å². The SMILES string of the molecule is CC(Nc1ncc(F)cn1)(C(=O)O)c1ccccc1. The first-order valence-electron chi connectivity index (χ1n) is 5.57. The molecule has 1 heterocycles. The fraction of sp³-hybridized carbons (Fsp3) is 0.154. The molecule has 0 amide bonds. The summed E-state index contributed by atoms with van der Waals surface area (Å²) >= 11 is 0. The Morgan fingerprint density at radius 1 is 1.26 bits per heavy atom. The van der Waals surface area contributed by atoms with Crippen LogP contribution >= 0.6 is 0 Å². The zero-order valence-electron chi connectivity index (χ0n) is 10.2. The fourth-order valence-corrected chi connectivity index (χ4v) is 1.62. The van der Waals surface area contributed by atoms with E-state index in [9.17, 15) is 14.3 Å². The number of rotatable bonds is 4. The summed E-state index contributed by atoms with van der Waals surface area (Å²) < 4.78 is 12.7. The monoisotopic (exact) mass is 261 g/mol. The number of nitrogens with one attached hydrogen (secondary N) is 1. The molecule has 6 heteroatoms. The summed E-state index contributed by atoms with van der Waals surface area (Å²) in [5.41, 5.74) is -0.838. The maximum Gasteiger partial charge on any atom is 0.333 e. The average molecular weight is 261 g/mol. The van der Waals surface area contributed by atoms with Gasteiger partial charge in [-0.2, -0.15) is 0 Å². The summed E-state index contributed by atoms with van der Waals surface area (Å²) in [7, 11) is 0. The number of hydrogen-bond donors (Lipinski definition) is 2. The molecular weight excluding hydrogens is 249 g/mol. The number of carboxylic acid groups (broad SMARTS) is 1. The smallest absolute Gasteiger partial charge is 0.333 e. The average Bonchev–Trinajstić information content (AvgIpc) is 2.42. The van der Waals surface area contributed by atoms with Gasteiger partial charge in [-0.05, 0) is 12.5 Å². The molecule has 0 aliphatic heterocycles. The number of carboxylic acids is 1. The normalized spacial score (nSPS) is 13.6. The van der Waals surface area contributed by atoms with Crippen LogP contribution in [0.2, 0.25) is 0 Å². The highest BCUT2D eigenvalue weighted by Gasteiger charge is 2.35. The standard InChI is InChI=1S/C13H12FN3O2/c1-13(11(18)19,9-5-3-2-4-6-9)17-12-15-7-10(14)8-16-12/h2-8H,1H3,(H,18,19)(H,15,16,17). The molecule has 0 radical (unpaired) electrons. The zero-order chi connectivity index (χ0) is 13.9. The summed E-state index contributed by atoms with van der Waals surface area (Å²) in [6.07, 6.45) is 1.95. The van der Waals surface area contributed by atoms with Crippen LogP contribution in [0.1, 0.15) is 12.5 Å². The second kappa shape index (κ2) is 5.01. The van der Waals surface area contributed by atoms with Gasteiger partial charge in [0, 0.05) is 0 Å². The van der Waals surface area contributed by atoms with Gasteiger partial charge in [-0.15, -0.1) is 0 Å². The van der Waals surface area contributed by atoms with Gasteiger partial charge in [0.05, 0.1) is 12.4 Å². The van der Waals surface area contributed by atoms with Crippen molar-refractivity contribution in [1.82, 2.24) is 9.97 Å². The lowest BCUT2D eigenvalue weighted by molar-refractivity contribution is -0.142. The Labute approximate surface area is 109 Å². The van der Waals surface area contributed by atoms with Crippen LogP contribution in [0.4, 0.5) is 10.3 Å². The number of benzene rings is 1. The Hall–Kier alpha value is -2.50. The van der Waals surface area contributed by atoms with Gasteiger partial charge in [-0.1, -0.05) is 30.3 Å². The van der Waals surface area contributed by atoms with E-state index >= 15 is 0 Å². The van der Waals surface area contributed by atoms with Crippen molar-refractivity contribution in [3.05, 3.63) is 54.1 Å². The van der Waals surface area contributed by atoms with Crippen LogP contribution in [0.15, 0.2) is 42.7 Å². The minimum Gasteiger partial charge on any atom is -0.479 e. The minimum absolute atomic E-state index is 0.0511. The lowest BCUT2D eigenvalue weighted by atomic mass is 9.92. The van der Waals surface area contributed by atoms with E-state index in [0.717, 1.165) is 12.4 Å². The first-order chi connectivity index (χ1) is 9.02.